The summed E-state index contributed by atoms with van der Waals surface area (Å²) in [4.78, 5) is 14.8. The molecule has 0 bridgehead atoms. The molecule has 1 aromatic carbocycles. The van der Waals surface area contributed by atoms with Gasteiger partial charge in [0.25, 0.3) is 0 Å². The minimum atomic E-state index is -0.378. The minimum Gasteiger partial charge on any atom is -0.448 e. The highest BCUT2D eigenvalue weighted by Crippen LogP contribution is 2.18. The Morgan fingerprint density at radius 3 is 3.00 bits per heavy atom. The molecule has 1 aromatic rings. The SMILES string of the molecule is CN(CCN1CCOC1=O)Cc1cccc(Cl)c1F. The summed E-state index contributed by atoms with van der Waals surface area (Å²) in [6.07, 6.45) is -0.276. The smallest absolute Gasteiger partial charge is 0.409 e. The monoisotopic (exact) mass is 286 g/mol. The van der Waals surface area contributed by atoms with Gasteiger partial charge in [-0.2, -0.15) is 0 Å². The molecular weight excluding hydrogens is 271 g/mol. The van der Waals surface area contributed by atoms with E-state index in [2.05, 4.69) is 0 Å². The van der Waals surface area contributed by atoms with Crippen LogP contribution in [0.15, 0.2) is 18.2 Å². The van der Waals surface area contributed by atoms with Crippen molar-refractivity contribution >= 4 is 17.7 Å². The quantitative estimate of drug-likeness (QED) is 0.833. The van der Waals surface area contributed by atoms with E-state index in [0.717, 1.165) is 0 Å². The van der Waals surface area contributed by atoms with Crippen molar-refractivity contribution in [2.75, 3.05) is 33.3 Å². The normalized spacial score (nSPS) is 15.2. The molecule has 1 aliphatic rings. The van der Waals surface area contributed by atoms with Crippen molar-refractivity contribution in [1.29, 1.82) is 0 Å². The van der Waals surface area contributed by atoms with Gasteiger partial charge in [-0.25, -0.2) is 9.18 Å². The van der Waals surface area contributed by atoms with Gasteiger partial charge >= 0.3 is 6.09 Å². The molecule has 1 fully saturated rings. The summed E-state index contributed by atoms with van der Waals surface area (Å²) in [5.41, 5.74) is 0.555. The fraction of sp³-hybridized carbons (Fsp3) is 0.462. The van der Waals surface area contributed by atoms with E-state index in [4.69, 9.17) is 16.3 Å². The second-order valence-electron chi connectivity index (χ2n) is 4.55. The van der Waals surface area contributed by atoms with Crippen LogP contribution in [0.4, 0.5) is 9.18 Å². The number of amides is 1. The predicted octanol–water partition coefficient (Wildman–Crippen LogP) is 2.36. The van der Waals surface area contributed by atoms with Gasteiger partial charge in [0.2, 0.25) is 0 Å². The van der Waals surface area contributed by atoms with Gasteiger partial charge in [-0.3, -0.25) is 0 Å². The summed E-state index contributed by atoms with van der Waals surface area (Å²) in [7, 11) is 1.88. The first kappa shape index (κ1) is 14.1. The highest BCUT2D eigenvalue weighted by atomic mass is 35.5. The van der Waals surface area contributed by atoms with Crippen LogP contribution in [0.2, 0.25) is 5.02 Å². The van der Waals surface area contributed by atoms with Crippen molar-refractivity contribution in [2.45, 2.75) is 6.54 Å². The van der Waals surface area contributed by atoms with Crippen LogP contribution >= 0.6 is 11.6 Å². The molecule has 19 heavy (non-hydrogen) atoms. The topological polar surface area (TPSA) is 32.8 Å². The third-order valence-electron chi connectivity index (χ3n) is 3.07. The Morgan fingerprint density at radius 2 is 2.32 bits per heavy atom. The third-order valence-corrected chi connectivity index (χ3v) is 3.36. The number of carbonyl (C=O) groups is 1. The molecular formula is C13H16ClFN2O2. The van der Waals surface area contributed by atoms with Crippen LogP contribution in [-0.4, -0.2) is 49.2 Å². The first-order valence-electron chi connectivity index (χ1n) is 6.11. The molecule has 6 heteroatoms. The molecule has 1 amide bonds. The lowest BCUT2D eigenvalue weighted by Crippen LogP contribution is -2.33. The summed E-state index contributed by atoms with van der Waals surface area (Å²) in [5.74, 6) is -0.378. The molecule has 4 nitrogen and oxygen atoms in total. The van der Waals surface area contributed by atoms with Crippen LogP contribution in [0.5, 0.6) is 0 Å². The number of rotatable bonds is 5. The number of nitrogens with zero attached hydrogens (tertiary/aromatic N) is 2. The molecule has 0 aromatic heterocycles. The van der Waals surface area contributed by atoms with Gasteiger partial charge in [0, 0.05) is 25.2 Å². The molecule has 0 N–H and O–H groups in total. The molecule has 0 radical (unpaired) electrons. The molecule has 1 saturated heterocycles. The molecule has 1 heterocycles. The largest absolute Gasteiger partial charge is 0.448 e. The van der Waals surface area contributed by atoms with Crippen molar-refractivity contribution in [2.24, 2.45) is 0 Å². The second-order valence-corrected chi connectivity index (χ2v) is 4.96. The zero-order valence-electron chi connectivity index (χ0n) is 10.7. The highest BCUT2D eigenvalue weighted by Gasteiger charge is 2.21. The van der Waals surface area contributed by atoms with Crippen molar-refractivity contribution < 1.29 is 13.9 Å². The zero-order valence-corrected chi connectivity index (χ0v) is 11.5. The maximum absolute atomic E-state index is 13.7. The number of carbonyl (C=O) groups excluding carboxylic acids is 1. The van der Waals surface area contributed by atoms with Gasteiger partial charge < -0.3 is 14.5 Å². The number of halogens is 2. The zero-order chi connectivity index (χ0) is 13.8. The number of ether oxygens (including phenoxy) is 1. The summed E-state index contributed by atoms with van der Waals surface area (Å²) < 4.78 is 18.6. The maximum atomic E-state index is 13.7. The number of likely N-dealkylation sites (N-methyl/N-ethyl adjacent to an activating group) is 1. The van der Waals surface area contributed by atoms with E-state index in [1.54, 1.807) is 17.0 Å². The Labute approximate surface area is 116 Å². The molecule has 1 aliphatic heterocycles. The summed E-state index contributed by atoms with van der Waals surface area (Å²) in [6, 6.07) is 4.97. The van der Waals surface area contributed by atoms with Crippen LogP contribution in [0.3, 0.4) is 0 Å². The van der Waals surface area contributed by atoms with Crippen molar-refractivity contribution in [3.8, 4) is 0 Å². The fourth-order valence-corrected chi connectivity index (χ4v) is 2.15. The Kier molecular flexibility index (Phi) is 4.61. The second kappa shape index (κ2) is 6.21. The van der Waals surface area contributed by atoms with Crippen molar-refractivity contribution in [1.82, 2.24) is 9.80 Å². The molecule has 2 rings (SSSR count). The van der Waals surface area contributed by atoms with Crippen LogP contribution in [0.25, 0.3) is 0 Å². The minimum absolute atomic E-state index is 0.133. The Morgan fingerprint density at radius 1 is 1.53 bits per heavy atom. The van der Waals surface area contributed by atoms with Crippen LogP contribution in [-0.2, 0) is 11.3 Å². The van der Waals surface area contributed by atoms with Crippen molar-refractivity contribution in [3.63, 3.8) is 0 Å². The van der Waals surface area contributed by atoms with Crippen molar-refractivity contribution in [3.05, 3.63) is 34.6 Å². The number of hydrogen-bond acceptors (Lipinski definition) is 3. The van der Waals surface area contributed by atoms with E-state index in [1.807, 2.05) is 11.9 Å². The lowest BCUT2D eigenvalue weighted by molar-refractivity contribution is 0.155. The van der Waals surface area contributed by atoms with Gasteiger partial charge in [0.15, 0.2) is 0 Å². The van der Waals surface area contributed by atoms with E-state index >= 15 is 0 Å². The number of benzene rings is 1. The van der Waals surface area contributed by atoms with Crippen LogP contribution in [0.1, 0.15) is 5.56 Å². The van der Waals surface area contributed by atoms with Crippen LogP contribution < -0.4 is 0 Å². The Hall–Kier alpha value is -1.33. The van der Waals surface area contributed by atoms with Gasteiger partial charge in [0.05, 0.1) is 11.6 Å². The third kappa shape index (κ3) is 3.58. The lowest BCUT2D eigenvalue weighted by Gasteiger charge is -2.20. The van der Waals surface area contributed by atoms with Crippen LogP contribution in [0, 0.1) is 5.82 Å². The fourth-order valence-electron chi connectivity index (χ4n) is 1.96. The van der Waals surface area contributed by atoms with E-state index in [0.29, 0.717) is 38.3 Å². The lowest BCUT2D eigenvalue weighted by atomic mass is 10.2. The average molecular weight is 287 g/mol. The summed E-state index contributed by atoms with van der Waals surface area (Å²) in [6.45, 7) is 2.76. The van der Waals surface area contributed by atoms with E-state index in [-0.39, 0.29) is 16.9 Å². The maximum Gasteiger partial charge on any atom is 0.409 e. The first-order chi connectivity index (χ1) is 9.08. The molecule has 104 valence electrons. The number of cyclic esters (lactones) is 1. The standard InChI is InChI=1S/C13H16ClFN2O2/c1-16(5-6-17-7-8-19-13(17)18)9-10-3-2-4-11(14)12(10)15/h2-4H,5-9H2,1H3. The van der Waals surface area contributed by atoms with Gasteiger partial charge in [-0.15, -0.1) is 0 Å². The molecule has 0 unspecified atom stereocenters. The molecule has 0 atom stereocenters. The number of hydrogen-bond donors (Lipinski definition) is 0. The Bertz CT molecular complexity index is 470. The average Bonchev–Trinajstić information content (AvgIpc) is 2.78. The molecule has 0 spiro atoms. The van der Waals surface area contributed by atoms with Gasteiger partial charge in [-0.05, 0) is 13.1 Å². The Balaban J connectivity index is 1.85. The molecule has 0 saturated carbocycles. The van der Waals surface area contributed by atoms with E-state index in [9.17, 15) is 9.18 Å². The van der Waals surface area contributed by atoms with E-state index in [1.165, 1.54) is 6.07 Å². The van der Waals surface area contributed by atoms with Gasteiger partial charge in [0.1, 0.15) is 12.4 Å². The highest BCUT2D eigenvalue weighted by molar-refractivity contribution is 6.30. The van der Waals surface area contributed by atoms with E-state index < -0.39 is 0 Å². The predicted molar refractivity (Wildman–Crippen MR) is 70.7 cm³/mol. The van der Waals surface area contributed by atoms with Gasteiger partial charge in [-0.1, -0.05) is 23.7 Å². The summed E-state index contributed by atoms with van der Waals surface area (Å²) in [5, 5.41) is 0.133. The molecule has 0 aliphatic carbocycles. The summed E-state index contributed by atoms with van der Waals surface area (Å²) >= 11 is 5.73. The first-order valence-corrected chi connectivity index (χ1v) is 6.49.